The van der Waals surface area contributed by atoms with E-state index in [4.69, 9.17) is 9.47 Å². The van der Waals surface area contributed by atoms with Crippen LogP contribution in [-0.2, 0) is 0 Å². The number of carbonyl (C=O) groups excluding carboxylic acids is 1. The lowest BCUT2D eigenvalue weighted by atomic mass is 10.0. The third kappa shape index (κ3) is 3.24. The van der Waals surface area contributed by atoms with Gasteiger partial charge in [0.2, 0.25) is 0 Å². The summed E-state index contributed by atoms with van der Waals surface area (Å²) in [6.45, 7) is 1.68. The second-order valence-corrected chi connectivity index (χ2v) is 6.20. The fraction of sp³-hybridized carbons (Fsp3) is 0.316. The predicted molar refractivity (Wildman–Crippen MR) is 91.5 cm³/mol. The number of likely N-dealkylation sites (tertiary alicyclic amines) is 1. The van der Waals surface area contributed by atoms with Crippen LogP contribution in [0, 0.1) is 5.82 Å². The molecule has 1 fully saturated rings. The molecule has 0 bridgehead atoms. The topological polar surface area (TPSA) is 50.8 Å². The van der Waals surface area contributed by atoms with Gasteiger partial charge in [-0.3, -0.25) is 0 Å². The molecule has 1 N–H and O–H groups in total. The van der Waals surface area contributed by atoms with E-state index in [1.54, 1.807) is 29.2 Å². The van der Waals surface area contributed by atoms with Crippen LogP contribution < -0.4 is 14.8 Å². The molecule has 0 radical (unpaired) electrons. The largest absolute Gasteiger partial charge is 0.486 e. The van der Waals surface area contributed by atoms with E-state index in [0.29, 0.717) is 36.9 Å². The van der Waals surface area contributed by atoms with Crippen LogP contribution in [-0.4, -0.2) is 30.7 Å². The lowest BCUT2D eigenvalue weighted by Crippen LogP contribution is -2.34. The zero-order valence-corrected chi connectivity index (χ0v) is 13.7. The van der Waals surface area contributed by atoms with Crippen LogP contribution in [0.4, 0.5) is 14.9 Å². The number of nitrogens with zero attached hydrogens (tertiary/aromatic N) is 1. The number of ether oxygens (including phenoxy) is 2. The van der Waals surface area contributed by atoms with Gasteiger partial charge in [-0.1, -0.05) is 12.1 Å². The van der Waals surface area contributed by atoms with Gasteiger partial charge in [0, 0.05) is 18.3 Å². The van der Waals surface area contributed by atoms with Crippen LogP contribution in [0.3, 0.4) is 0 Å². The van der Waals surface area contributed by atoms with Gasteiger partial charge in [0.25, 0.3) is 0 Å². The van der Waals surface area contributed by atoms with Crippen molar-refractivity contribution in [3.8, 4) is 11.5 Å². The summed E-state index contributed by atoms with van der Waals surface area (Å²) in [5.41, 5.74) is 1.48. The molecule has 2 heterocycles. The van der Waals surface area contributed by atoms with Crippen LogP contribution in [0.1, 0.15) is 24.4 Å². The zero-order chi connectivity index (χ0) is 17.2. The Labute approximate surface area is 145 Å². The molecular weight excluding hydrogens is 323 g/mol. The Morgan fingerprint density at radius 2 is 1.96 bits per heavy atom. The predicted octanol–water partition coefficient (Wildman–Crippen LogP) is 3.97. The molecule has 25 heavy (non-hydrogen) atoms. The molecule has 0 unspecified atom stereocenters. The molecular formula is C19H19FN2O3. The van der Waals surface area contributed by atoms with Crippen LogP contribution in [0.2, 0.25) is 0 Å². The van der Waals surface area contributed by atoms with Crippen molar-refractivity contribution >= 4 is 11.7 Å². The first-order valence-electron chi connectivity index (χ1n) is 8.43. The molecule has 130 valence electrons. The van der Waals surface area contributed by atoms with Crippen LogP contribution in [0.15, 0.2) is 42.5 Å². The van der Waals surface area contributed by atoms with Gasteiger partial charge < -0.3 is 19.7 Å². The van der Waals surface area contributed by atoms with E-state index in [0.717, 1.165) is 18.4 Å². The van der Waals surface area contributed by atoms with Gasteiger partial charge >= 0.3 is 6.03 Å². The third-order valence-electron chi connectivity index (χ3n) is 4.54. The van der Waals surface area contributed by atoms with Crippen molar-refractivity contribution in [2.45, 2.75) is 18.9 Å². The van der Waals surface area contributed by atoms with E-state index in [1.807, 2.05) is 6.07 Å². The first kappa shape index (κ1) is 15.7. The fourth-order valence-corrected chi connectivity index (χ4v) is 3.39. The van der Waals surface area contributed by atoms with Crippen LogP contribution >= 0.6 is 0 Å². The van der Waals surface area contributed by atoms with Crippen LogP contribution in [0.5, 0.6) is 11.5 Å². The maximum atomic E-state index is 13.5. The first-order valence-corrected chi connectivity index (χ1v) is 8.43. The Morgan fingerprint density at radius 1 is 1.12 bits per heavy atom. The Kier molecular flexibility index (Phi) is 4.17. The number of amides is 2. The van der Waals surface area contributed by atoms with Gasteiger partial charge in [-0.2, -0.15) is 0 Å². The molecule has 6 heteroatoms. The molecule has 2 amide bonds. The molecule has 2 aromatic rings. The molecule has 1 atom stereocenters. The summed E-state index contributed by atoms with van der Waals surface area (Å²) >= 11 is 0. The number of halogens is 1. The average Bonchev–Trinajstić information content (AvgIpc) is 3.11. The maximum absolute atomic E-state index is 13.5. The molecule has 0 aromatic heterocycles. The maximum Gasteiger partial charge on any atom is 0.322 e. The summed E-state index contributed by atoms with van der Waals surface area (Å²) < 4.78 is 24.5. The normalized spacial score (nSPS) is 18.9. The number of rotatable bonds is 2. The summed E-state index contributed by atoms with van der Waals surface area (Å²) in [4.78, 5) is 14.5. The van der Waals surface area contributed by atoms with Gasteiger partial charge in [0.15, 0.2) is 11.5 Å². The molecule has 0 aliphatic carbocycles. The summed E-state index contributed by atoms with van der Waals surface area (Å²) in [6.07, 6.45) is 1.73. The molecule has 4 rings (SSSR count). The van der Waals surface area contributed by atoms with E-state index >= 15 is 0 Å². The Morgan fingerprint density at radius 3 is 2.80 bits per heavy atom. The van der Waals surface area contributed by atoms with Gasteiger partial charge in [0.05, 0.1) is 6.04 Å². The minimum absolute atomic E-state index is 0.104. The van der Waals surface area contributed by atoms with Crippen molar-refractivity contribution in [1.82, 2.24) is 4.90 Å². The molecule has 5 nitrogen and oxygen atoms in total. The number of benzene rings is 2. The number of urea groups is 1. The van der Waals surface area contributed by atoms with Gasteiger partial charge in [-0.05, 0) is 42.7 Å². The van der Waals surface area contributed by atoms with Crippen molar-refractivity contribution in [2.75, 3.05) is 25.1 Å². The SMILES string of the molecule is O=C(Nc1ccc2c(c1)OCCO2)N1CCC[C@H]1c1cccc(F)c1. The van der Waals surface area contributed by atoms with E-state index in [2.05, 4.69) is 5.32 Å². The number of carbonyl (C=O) groups is 1. The van der Waals surface area contributed by atoms with Crippen molar-refractivity contribution in [1.29, 1.82) is 0 Å². The number of fused-ring (bicyclic) bond motifs is 1. The Hall–Kier alpha value is -2.76. The minimum atomic E-state index is -0.281. The number of hydrogen-bond acceptors (Lipinski definition) is 3. The fourth-order valence-electron chi connectivity index (χ4n) is 3.39. The lowest BCUT2D eigenvalue weighted by molar-refractivity contribution is 0.171. The second kappa shape index (κ2) is 6.63. The monoisotopic (exact) mass is 342 g/mol. The van der Waals surface area contributed by atoms with E-state index in [9.17, 15) is 9.18 Å². The number of anilines is 1. The third-order valence-corrected chi connectivity index (χ3v) is 4.54. The van der Waals surface area contributed by atoms with Crippen LogP contribution in [0.25, 0.3) is 0 Å². The highest BCUT2D eigenvalue weighted by Crippen LogP contribution is 2.35. The van der Waals surface area contributed by atoms with Gasteiger partial charge in [0.1, 0.15) is 19.0 Å². The van der Waals surface area contributed by atoms with E-state index in [1.165, 1.54) is 12.1 Å². The first-order chi connectivity index (χ1) is 12.2. The highest BCUT2D eigenvalue weighted by atomic mass is 19.1. The highest BCUT2D eigenvalue weighted by Gasteiger charge is 2.30. The van der Waals surface area contributed by atoms with Crippen molar-refractivity contribution in [3.05, 3.63) is 53.8 Å². The molecule has 0 saturated carbocycles. The van der Waals surface area contributed by atoms with Crippen molar-refractivity contribution < 1.29 is 18.7 Å². The molecule has 1 saturated heterocycles. The van der Waals surface area contributed by atoms with E-state index in [-0.39, 0.29) is 17.9 Å². The van der Waals surface area contributed by atoms with Gasteiger partial charge in [-0.15, -0.1) is 0 Å². The molecule has 0 spiro atoms. The molecule has 2 aromatic carbocycles. The summed E-state index contributed by atoms with van der Waals surface area (Å²) in [5.74, 6) is 1.03. The Balaban J connectivity index is 1.50. The smallest absolute Gasteiger partial charge is 0.322 e. The summed E-state index contributed by atoms with van der Waals surface area (Å²) in [6, 6.07) is 11.5. The average molecular weight is 342 g/mol. The second-order valence-electron chi connectivity index (χ2n) is 6.20. The quantitative estimate of drug-likeness (QED) is 0.898. The standard InChI is InChI=1S/C19H19FN2O3/c20-14-4-1-3-13(11-14)16-5-2-8-22(16)19(23)21-15-6-7-17-18(12-15)25-10-9-24-17/h1,3-4,6-7,11-12,16H,2,5,8-10H2,(H,21,23)/t16-/m0/s1. The summed E-state index contributed by atoms with van der Waals surface area (Å²) in [5, 5.41) is 2.91. The summed E-state index contributed by atoms with van der Waals surface area (Å²) in [7, 11) is 0. The number of hydrogen-bond donors (Lipinski definition) is 1. The Bertz CT molecular complexity index is 796. The van der Waals surface area contributed by atoms with Crippen molar-refractivity contribution in [2.24, 2.45) is 0 Å². The van der Waals surface area contributed by atoms with Crippen molar-refractivity contribution in [3.63, 3.8) is 0 Å². The van der Waals surface area contributed by atoms with Gasteiger partial charge in [-0.25, -0.2) is 9.18 Å². The molecule has 2 aliphatic heterocycles. The van der Waals surface area contributed by atoms with E-state index < -0.39 is 0 Å². The minimum Gasteiger partial charge on any atom is -0.486 e. The highest BCUT2D eigenvalue weighted by molar-refractivity contribution is 5.90. The lowest BCUT2D eigenvalue weighted by Gasteiger charge is -2.26. The number of nitrogens with one attached hydrogen (secondary N) is 1. The molecule has 2 aliphatic rings. The zero-order valence-electron chi connectivity index (χ0n) is 13.7.